The van der Waals surface area contributed by atoms with Crippen molar-refractivity contribution in [1.82, 2.24) is 0 Å². The lowest BCUT2D eigenvalue weighted by Gasteiger charge is -2.08. The van der Waals surface area contributed by atoms with Gasteiger partial charge in [-0.05, 0) is 30.7 Å². The predicted octanol–water partition coefficient (Wildman–Crippen LogP) is 1.97. The highest BCUT2D eigenvalue weighted by Crippen LogP contribution is 2.29. The van der Waals surface area contributed by atoms with Crippen LogP contribution in [0.15, 0.2) is 24.3 Å². The van der Waals surface area contributed by atoms with Crippen LogP contribution in [0.2, 0.25) is 0 Å². The van der Waals surface area contributed by atoms with Crippen molar-refractivity contribution >= 4 is 9.84 Å². The molecular formula is C11H14F3NO2S. The van der Waals surface area contributed by atoms with Crippen molar-refractivity contribution in [3.63, 3.8) is 0 Å². The van der Waals surface area contributed by atoms with E-state index in [1.807, 2.05) is 0 Å². The van der Waals surface area contributed by atoms with E-state index in [0.29, 0.717) is 12.0 Å². The largest absolute Gasteiger partial charge is 0.416 e. The van der Waals surface area contributed by atoms with Gasteiger partial charge in [0, 0.05) is 0 Å². The van der Waals surface area contributed by atoms with Crippen LogP contribution in [0.4, 0.5) is 13.2 Å². The van der Waals surface area contributed by atoms with Gasteiger partial charge in [-0.3, -0.25) is 0 Å². The van der Waals surface area contributed by atoms with Gasteiger partial charge in [0.05, 0.1) is 17.1 Å². The van der Waals surface area contributed by atoms with Crippen LogP contribution >= 0.6 is 0 Å². The lowest BCUT2D eigenvalue weighted by atomic mass is 10.1. The summed E-state index contributed by atoms with van der Waals surface area (Å²) in [6, 6.07) is 4.13. The molecule has 3 nitrogen and oxygen atoms in total. The zero-order chi connectivity index (χ0) is 13.8. The third-order valence-corrected chi connectivity index (χ3v) is 4.01. The summed E-state index contributed by atoms with van der Waals surface area (Å²) in [5, 5.41) is 0. The van der Waals surface area contributed by atoms with E-state index in [2.05, 4.69) is 0 Å². The molecule has 18 heavy (non-hydrogen) atoms. The predicted molar refractivity (Wildman–Crippen MR) is 62.6 cm³/mol. The lowest BCUT2D eigenvalue weighted by Crippen LogP contribution is -2.13. The van der Waals surface area contributed by atoms with E-state index in [1.54, 1.807) is 0 Å². The van der Waals surface area contributed by atoms with Crippen LogP contribution in [0.5, 0.6) is 0 Å². The Kier molecular flexibility index (Phi) is 4.75. The monoisotopic (exact) mass is 281 g/mol. The van der Waals surface area contributed by atoms with E-state index in [1.165, 1.54) is 12.1 Å². The minimum absolute atomic E-state index is 0.0511. The van der Waals surface area contributed by atoms with E-state index in [0.717, 1.165) is 12.1 Å². The van der Waals surface area contributed by atoms with Gasteiger partial charge in [-0.15, -0.1) is 0 Å². The number of benzene rings is 1. The van der Waals surface area contributed by atoms with E-state index in [-0.39, 0.29) is 18.1 Å². The maximum Gasteiger partial charge on any atom is 0.416 e. The molecule has 0 aromatic heterocycles. The summed E-state index contributed by atoms with van der Waals surface area (Å²) >= 11 is 0. The molecule has 2 N–H and O–H groups in total. The van der Waals surface area contributed by atoms with E-state index in [4.69, 9.17) is 5.73 Å². The van der Waals surface area contributed by atoms with Crippen LogP contribution in [0, 0.1) is 0 Å². The van der Waals surface area contributed by atoms with Gasteiger partial charge in [-0.25, -0.2) is 8.42 Å². The van der Waals surface area contributed by atoms with Crippen molar-refractivity contribution in [2.75, 3.05) is 12.3 Å². The fourth-order valence-electron chi connectivity index (χ4n) is 1.42. The first-order chi connectivity index (χ1) is 8.24. The summed E-state index contributed by atoms with van der Waals surface area (Å²) in [6.07, 6.45) is -4.06. The van der Waals surface area contributed by atoms with E-state index in [9.17, 15) is 21.6 Å². The van der Waals surface area contributed by atoms with Gasteiger partial charge in [0.2, 0.25) is 0 Å². The highest BCUT2D eigenvalue weighted by atomic mass is 32.2. The number of hydrogen-bond acceptors (Lipinski definition) is 3. The van der Waals surface area contributed by atoms with Crippen molar-refractivity contribution in [1.29, 1.82) is 0 Å². The molecule has 0 aliphatic rings. The number of alkyl halides is 3. The zero-order valence-electron chi connectivity index (χ0n) is 9.57. The highest BCUT2D eigenvalue weighted by molar-refractivity contribution is 7.90. The average molecular weight is 281 g/mol. The minimum atomic E-state index is -4.41. The van der Waals surface area contributed by atoms with Crippen LogP contribution in [-0.2, 0) is 21.8 Å². The number of halogens is 3. The number of sulfone groups is 1. The summed E-state index contributed by atoms with van der Waals surface area (Å²) < 4.78 is 60.0. The fraction of sp³-hybridized carbons (Fsp3) is 0.455. The third-order valence-electron chi connectivity index (χ3n) is 2.33. The summed E-state index contributed by atoms with van der Waals surface area (Å²) in [7, 11) is -3.31. The molecule has 0 fully saturated rings. The van der Waals surface area contributed by atoms with E-state index < -0.39 is 21.6 Å². The van der Waals surface area contributed by atoms with Crippen LogP contribution < -0.4 is 5.73 Å². The average Bonchev–Trinajstić information content (AvgIpc) is 2.25. The molecule has 1 aromatic rings. The minimum Gasteiger partial charge on any atom is -0.330 e. The molecule has 1 aromatic carbocycles. The summed E-state index contributed by atoms with van der Waals surface area (Å²) in [6.45, 7) is 0.270. The van der Waals surface area contributed by atoms with Gasteiger partial charge in [0.25, 0.3) is 0 Å². The molecule has 0 atom stereocenters. The van der Waals surface area contributed by atoms with Gasteiger partial charge in [0.15, 0.2) is 9.84 Å². The highest BCUT2D eigenvalue weighted by Gasteiger charge is 2.30. The molecule has 0 spiro atoms. The number of nitrogens with two attached hydrogens (primary N) is 1. The topological polar surface area (TPSA) is 60.2 Å². The van der Waals surface area contributed by atoms with Crippen LogP contribution in [0.25, 0.3) is 0 Å². The van der Waals surface area contributed by atoms with Gasteiger partial charge >= 0.3 is 6.18 Å². The second-order valence-electron chi connectivity index (χ2n) is 3.93. The van der Waals surface area contributed by atoms with Crippen molar-refractivity contribution in [3.8, 4) is 0 Å². The molecule has 0 heterocycles. The number of rotatable bonds is 5. The van der Waals surface area contributed by atoms with Crippen LogP contribution in [0.1, 0.15) is 17.5 Å². The normalized spacial score (nSPS) is 12.7. The maximum atomic E-state index is 12.3. The molecule has 7 heteroatoms. The van der Waals surface area contributed by atoms with Crippen molar-refractivity contribution in [3.05, 3.63) is 35.4 Å². The molecule has 0 saturated carbocycles. The van der Waals surface area contributed by atoms with Gasteiger partial charge in [-0.1, -0.05) is 12.1 Å². The van der Waals surface area contributed by atoms with Crippen molar-refractivity contribution in [2.45, 2.75) is 18.3 Å². The first-order valence-electron chi connectivity index (χ1n) is 5.31. The molecule has 1 rings (SSSR count). The van der Waals surface area contributed by atoms with Gasteiger partial charge in [0.1, 0.15) is 0 Å². The Hall–Kier alpha value is -1.08. The van der Waals surface area contributed by atoms with Crippen LogP contribution in [0.3, 0.4) is 0 Å². The molecule has 0 unspecified atom stereocenters. The lowest BCUT2D eigenvalue weighted by molar-refractivity contribution is -0.137. The van der Waals surface area contributed by atoms with Crippen molar-refractivity contribution in [2.24, 2.45) is 5.73 Å². The Labute approximate surface area is 104 Å². The van der Waals surface area contributed by atoms with Crippen molar-refractivity contribution < 1.29 is 21.6 Å². The first-order valence-corrected chi connectivity index (χ1v) is 7.13. The zero-order valence-corrected chi connectivity index (χ0v) is 10.4. The summed E-state index contributed by atoms with van der Waals surface area (Å²) in [5.74, 6) is -0.310. The maximum absolute atomic E-state index is 12.3. The standard InChI is InChI=1S/C11H14F3NO2S/c12-11(13,14)10-4-2-9(3-5-10)8-18(16,17)7-1-6-15/h2-5H,1,6-8,15H2. The van der Waals surface area contributed by atoms with Gasteiger partial charge < -0.3 is 5.73 Å². The smallest absolute Gasteiger partial charge is 0.330 e. The second-order valence-corrected chi connectivity index (χ2v) is 6.11. The summed E-state index contributed by atoms with van der Waals surface area (Å²) in [5.41, 5.74) is 4.77. The Morgan fingerprint density at radius 1 is 1.11 bits per heavy atom. The summed E-state index contributed by atoms with van der Waals surface area (Å²) in [4.78, 5) is 0. The quantitative estimate of drug-likeness (QED) is 0.897. The third kappa shape index (κ3) is 4.66. The Morgan fingerprint density at radius 2 is 1.67 bits per heavy atom. The van der Waals surface area contributed by atoms with E-state index >= 15 is 0 Å². The molecule has 102 valence electrons. The molecular weight excluding hydrogens is 267 g/mol. The molecule has 0 amide bonds. The molecule has 0 bridgehead atoms. The molecule has 0 aliphatic heterocycles. The number of hydrogen-bond donors (Lipinski definition) is 1. The molecule has 0 radical (unpaired) electrons. The first kappa shape index (κ1) is 15.0. The SMILES string of the molecule is NCCCS(=O)(=O)Cc1ccc(C(F)(F)F)cc1. The Morgan fingerprint density at radius 3 is 2.11 bits per heavy atom. The molecule has 0 saturated heterocycles. The second kappa shape index (κ2) is 5.71. The van der Waals surface area contributed by atoms with Crippen LogP contribution in [-0.4, -0.2) is 20.7 Å². The molecule has 0 aliphatic carbocycles. The Bertz CT molecular complexity index is 480. The Balaban J connectivity index is 2.75. The fourth-order valence-corrected chi connectivity index (χ4v) is 2.87. The van der Waals surface area contributed by atoms with Gasteiger partial charge in [-0.2, -0.15) is 13.2 Å².